The lowest BCUT2D eigenvalue weighted by Gasteiger charge is -2.16. The molecule has 2 aromatic rings. The standard InChI is InChI=1S/C14H19N3O/c1-11-3-4-13(14(18)9-11)12(2)16-6-8-17-7-5-15-10-17/h3-5,7,9-10,12,16,18H,6,8H2,1-2H3. The second-order valence-corrected chi connectivity index (χ2v) is 4.54. The number of hydrogen-bond acceptors (Lipinski definition) is 3. The summed E-state index contributed by atoms with van der Waals surface area (Å²) in [6, 6.07) is 5.92. The summed E-state index contributed by atoms with van der Waals surface area (Å²) in [6.45, 7) is 5.74. The minimum atomic E-state index is 0.133. The molecule has 2 rings (SSSR count). The van der Waals surface area contributed by atoms with Gasteiger partial charge in [-0.15, -0.1) is 0 Å². The van der Waals surface area contributed by atoms with Crippen molar-refractivity contribution in [2.24, 2.45) is 0 Å². The van der Waals surface area contributed by atoms with Crippen molar-refractivity contribution in [2.45, 2.75) is 26.4 Å². The molecule has 1 aromatic carbocycles. The molecule has 1 aromatic heterocycles. The van der Waals surface area contributed by atoms with Gasteiger partial charge in [0.2, 0.25) is 0 Å². The van der Waals surface area contributed by atoms with Crippen molar-refractivity contribution < 1.29 is 5.11 Å². The molecule has 1 heterocycles. The molecule has 0 saturated carbocycles. The van der Waals surface area contributed by atoms with Gasteiger partial charge in [0.05, 0.1) is 6.33 Å². The molecule has 18 heavy (non-hydrogen) atoms. The van der Waals surface area contributed by atoms with E-state index in [-0.39, 0.29) is 6.04 Å². The molecule has 4 heteroatoms. The summed E-state index contributed by atoms with van der Waals surface area (Å²) in [5.74, 6) is 0.359. The molecule has 0 aliphatic heterocycles. The number of nitrogens with one attached hydrogen (secondary N) is 1. The molecule has 0 aliphatic rings. The van der Waals surface area contributed by atoms with Crippen molar-refractivity contribution in [3.8, 4) is 5.75 Å². The Labute approximate surface area is 107 Å². The number of imidazole rings is 1. The van der Waals surface area contributed by atoms with Gasteiger partial charge in [0.25, 0.3) is 0 Å². The third-order valence-corrected chi connectivity index (χ3v) is 3.03. The first-order valence-electron chi connectivity index (χ1n) is 6.15. The Balaban J connectivity index is 1.89. The first kappa shape index (κ1) is 12.6. The molecule has 0 aliphatic carbocycles. The van der Waals surface area contributed by atoms with Crippen LogP contribution in [-0.2, 0) is 6.54 Å². The molecule has 0 fully saturated rings. The van der Waals surface area contributed by atoms with Gasteiger partial charge in [-0.3, -0.25) is 0 Å². The van der Waals surface area contributed by atoms with E-state index in [4.69, 9.17) is 0 Å². The lowest BCUT2D eigenvalue weighted by atomic mass is 10.1. The minimum absolute atomic E-state index is 0.133. The highest BCUT2D eigenvalue weighted by Crippen LogP contribution is 2.24. The molecule has 1 atom stereocenters. The van der Waals surface area contributed by atoms with Gasteiger partial charge in [-0.1, -0.05) is 12.1 Å². The van der Waals surface area contributed by atoms with Crippen molar-refractivity contribution >= 4 is 0 Å². The smallest absolute Gasteiger partial charge is 0.120 e. The first-order valence-corrected chi connectivity index (χ1v) is 6.15. The summed E-state index contributed by atoms with van der Waals surface area (Å²) in [5.41, 5.74) is 2.01. The van der Waals surface area contributed by atoms with Crippen LogP contribution in [0.3, 0.4) is 0 Å². The molecule has 0 radical (unpaired) electrons. The van der Waals surface area contributed by atoms with Crippen molar-refractivity contribution in [1.82, 2.24) is 14.9 Å². The van der Waals surface area contributed by atoms with Crippen LogP contribution in [0.5, 0.6) is 5.75 Å². The summed E-state index contributed by atoms with van der Waals surface area (Å²) in [5, 5.41) is 13.3. The molecule has 1 unspecified atom stereocenters. The Hall–Kier alpha value is -1.81. The van der Waals surface area contributed by atoms with Gasteiger partial charge in [0.15, 0.2) is 0 Å². The first-order chi connectivity index (χ1) is 8.66. The van der Waals surface area contributed by atoms with E-state index in [2.05, 4.69) is 17.2 Å². The lowest BCUT2D eigenvalue weighted by molar-refractivity contribution is 0.449. The van der Waals surface area contributed by atoms with E-state index in [1.807, 2.05) is 29.8 Å². The van der Waals surface area contributed by atoms with Crippen LogP contribution in [0.2, 0.25) is 0 Å². The van der Waals surface area contributed by atoms with Crippen LogP contribution in [-0.4, -0.2) is 21.2 Å². The maximum Gasteiger partial charge on any atom is 0.120 e. The SMILES string of the molecule is Cc1ccc(C(C)NCCn2ccnc2)c(O)c1. The van der Waals surface area contributed by atoms with E-state index in [1.54, 1.807) is 18.6 Å². The van der Waals surface area contributed by atoms with Gasteiger partial charge in [0, 0.05) is 37.1 Å². The van der Waals surface area contributed by atoms with Gasteiger partial charge < -0.3 is 15.0 Å². The quantitative estimate of drug-likeness (QED) is 0.849. The van der Waals surface area contributed by atoms with E-state index in [0.29, 0.717) is 5.75 Å². The molecule has 0 spiro atoms. The monoisotopic (exact) mass is 245 g/mol. The molecule has 96 valence electrons. The van der Waals surface area contributed by atoms with Crippen LogP contribution >= 0.6 is 0 Å². The number of aromatic nitrogens is 2. The number of nitrogens with zero attached hydrogens (tertiary/aromatic N) is 2. The van der Waals surface area contributed by atoms with Crippen molar-refractivity contribution in [1.29, 1.82) is 0 Å². The van der Waals surface area contributed by atoms with E-state index in [9.17, 15) is 5.11 Å². The Kier molecular flexibility index (Phi) is 3.99. The van der Waals surface area contributed by atoms with Gasteiger partial charge in [-0.25, -0.2) is 4.98 Å². The van der Waals surface area contributed by atoms with Crippen molar-refractivity contribution in [3.05, 3.63) is 48.0 Å². The topological polar surface area (TPSA) is 50.1 Å². The summed E-state index contributed by atoms with van der Waals surface area (Å²) in [4.78, 5) is 4.00. The molecular formula is C14H19N3O. The van der Waals surface area contributed by atoms with Crippen LogP contribution in [0.4, 0.5) is 0 Å². The van der Waals surface area contributed by atoms with Crippen LogP contribution in [0.1, 0.15) is 24.1 Å². The zero-order chi connectivity index (χ0) is 13.0. The van der Waals surface area contributed by atoms with Crippen LogP contribution in [0, 0.1) is 6.92 Å². The maximum atomic E-state index is 9.89. The zero-order valence-corrected chi connectivity index (χ0v) is 10.8. The number of benzene rings is 1. The predicted molar refractivity (Wildman–Crippen MR) is 71.5 cm³/mol. The zero-order valence-electron chi connectivity index (χ0n) is 10.8. The molecule has 0 saturated heterocycles. The average molecular weight is 245 g/mol. The summed E-state index contributed by atoms with van der Waals surface area (Å²) < 4.78 is 2.02. The van der Waals surface area contributed by atoms with Gasteiger partial charge in [-0.2, -0.15) is 0 Å². The highest BCUT2D eigenvalue weighted by atomic mass is 16.3. The molecular weight excluding hydrogens is 226 g/mol. The number of hydrogen-bond donors (Lipinski definition) is 2. The van der Waals surface area contributed by atoms with Gasteiger partial charge >= 0.3 is 0 Å². The number of phenols is 1. The van der Waals surface area contributed by atoms with E-state index < -0.39 is 0 Å². The van der Waals surface area contributed by atoms with Gasteiger partial charge in [-0.05, 0) is 25.5 Å². The van der Waals surface area contributed by atoms with E-state index in [1.165, 1.54) is 0 Å². The number of phenolic OH excluding ortho intramolecular Hbond substituents is 1. The van der Waals surface area contributed by atoms with E-state index >= 15 is 0 Å². The normalized spacial score (nSPS) is 12.6. The molecule has 2 N–H and O–H groups in total. The highest BCUT2D eigenvalue weighted by Gasteiger charge is 2.09. The molecule has 0 amide bonds. The predicted octanol–water partition coefficient (Wildman–Crippen LogP) is 2.25. The third-order valence-electron chi connectivity index (χ3n) is 3.03. The third kappa shape index (κ3) is 3.11. The Bertz CT molecular complexity index is 494. The van der Waals surface area contributed by atoms with Crippen LogP contribution in [0.25, 0.3) is 0 Å². The highest BCUT2D eigenvalue weighted by molar-refractivity contribution is 5.37. The van der Waals surface area contributed by atoms with Gasteiger partial charge in [0.1, 0.15) is 5.75 Å². The maximum absolute atomic E-state index is 9.89. The van der Waals surface area contributed by atoms with Crippen LogP contribution < -0.4 is 5.32 Å². The Morgan fingerprint density at radius 3 is 2.94 bits per heavy atom. The fraction of sp³-hybridized carbons (Fsp3) is 0.357. The summed E-state index contributed by atoms with van der Waals surface area (Å²) >= 11 is 0. The second-order valence-electron chi connectivity index (χ2n) is 4.54. The Morgan fingerprint density at radius 1 is 1.44 bits per heavy atom. The largest absolute Gasteiger partial charge is 0.508 e. The second kappa shape index (κ2) is 5.69. The number of rotatable bonds is 5. The fourth-order valence-electron chi connectivity index (χ4n) is 1.96. The summed E-state index contributed by atoms with van der Waals surface area (Å²) in [7, 11) is 0. The number of aryl methyl sites for hydroxylation is 1. The average Bonchev–Trinajstić information content (AvgIpc) is 2.81. The Morgan fingerprint density at radius 2 is 2.28 bits per heavy atom. The van der Waals surface area contributed by atoms with E-state index in [0.717, 1.165) is 24.2 Å². The van der Waals surface area contributed by atoms with Crippen molar-refractivity contribution in [2.75, 3.05) is 6.54 Å². The minimum Gasteiger partial charge on any atom is -0.508 e. The molecule has 0 bridgehead atoms. The fourth-order valence-corrected chi connectivity index (χ4v) is 1.96. The van der Waals surface area contributed by atoms with Crippen LogP contribution in [0.15, 0.2) is 36.9 Å². The van der Waals surface area contributed by atoms with Crippen molar-refractivity contribution in [3.63, 3.8) is 0 Å². The summed E-state index contributed by atoms with van der Waals surface area (Å²) in [6.07, 6.45) is 5.51. The molecule has 4 nitrogen and oxygen atoms in total. The lowest BCUT2D eigenvalue weighted by Crippen LogP contribution is -2.23. The number of aromatic hydroxyl groups is 1.